The molecule has 0 spiro atoms. The minimum Gasteiger partial charge on any atom is -0.263 e. The van der Waals surface area contributed by atoms with Crippen LogP contribution in [0.3, 0.4) is 0 Å². The summed E-state index contributed by atoms with van der Waals surface area (Å²) in [7, 11) is -1.94. The third kappa shape index (κ3) is 3.31. The van der Waals surface area contributed by atoms with E-state index in [9.17, 15) is 8.42 Å². The maximum atomic E-state index is 12.7. The molecule has 0 unspecified atom stereocenters. The first-order valence-electron chi connectivity index (χ1n) is 6.87. The van der Waals surface area contributed by atoms with E-state index in [1.807, 2.05) is 44.2 Å². The molecule has 1 atom stereocenters. The molecule has 0 aliphatic carbocycles. The van der Waals surface area contributed by atoms with Gasteiger partial charge in [-0.1, -0.05) is 44.2 Å². The molecule has 1 aromatic heterocycles. The highest BCUT2D eigenvalue weighted by atomic mass is 32.2. The molecule has 4 nitrogen and oxygen atoms in total. The average Bonchev–Trinajstić information content (AvgIpc) is 2.49. The summed E-state index contributed by atoms with van der Waals surface area (Å²) in [6.45, 7) is 4.04. The normalized spacial score (nSPS) is 13.6. The van der Waals surface area contributed by atoms with Gasteiger partial charge in [-0.05, 0) is 23.6 Å². The van der Waals surface area contributed by atoms with E-state index in [4.69, 9.17) is 0 Å². The number of pyridine rings is 1. The molecular weight excluding hydrogens is 284 g/mol. The van der Waals surface area contributed by atoms with Crippen LogP contribution in [-0.2, 0) is 10.0 Å². The molecule has 1 aromatic carbocycles. The molecule has 0 fully saturated rings. The van der Waals surface area contributed by atoms with Gasteiger partial charge in [-0.25, -0.2) is 8.42 Å². The van der Waals surface area contributed by atoms with E-state index in [1.54, 1.807) is 25.4 Å². The van der Waals surface area contributed by atoms with Gasteiger partial charge in [0.2, 0.25) is 10.0 Å². The Balaban J connectivity index is 2.42. The van der Waals surface area contributed by atoms with Gasteiger partial charge in [-0.2, -0.15) is 4.31 Å². The predicted octanol–water partition coefficient (Wildman–Crippen LogP) is 3.10. The molecule has 0 aliphatic heterocycles. The third-order valence-electron chi connectivity index (χ3n) is 3.48. The molecular formula is C16H20N2O2S. The summed E-state index contributed by atoms with van der Waals surface area (Å²) in [6.07, 6.45) is 2.95. The van der Waals surface area contributed by atoms with Crippen molar-refractivity contribution >= 4 is 10.0 Å². The van der Waals surface area contributed by atoms with Gasteiger partial charge >= 0.3 is 0 Å². The highest BCUT2D eigenvalue weighted by Crippen LogP contribution is 2.31. The maximum Gasteiger partial charge on any atom is 0.244 e. The lowest BCUT2D eigenvalue weighted by molar-refractivity contribution is 0.300. The minimum absolute atomic E-state index is 0.156. The van der Waals surface area contributed by atoms with E-state index < -0.39 is 10.0 Å². The molecule has 5 heteroatoms. The third-order valence-corrected chi connectivity index (χ3v) is 5.30. The highest BCUT2D eigenvalue weighted by molar-refractivity contribution is 7.89. The maximum absolute atomic E-state index is 12.7. The van der Waals surface area contributed by atoms with Crippen LogP contribution in [0.2, 0.25) is 0 Å². The van der Waals surface area contributed by atoms with E-state index in [0.717, 1.165) is 5.56 Å². The molecule has 0 amide bonds. The van der Waals surface area contributed by atoms with Crippen molar-refractivity contribution in [3.05, 3.63) is 60.4 Å². The zero-order chi connectivity index (χ0) is 15.5. The van der Waals surface area contributed by atoms with Gasteiger partial charge < -0.3 is 0 Å². The summed E-state index contributed by atoms with van der Waals surface area (Å²) >= 11 is 0. The molecule has 2 aromatic rings. The zero-order valence-corrected chi connectivity index (χ0v) is 13.3. The summed E-state index contributed by atoms with van der Waals surface area (Å²) in [6, 6.07) is 12.7. The van der Waals surface area contributed by atoms with Crippen molar-refractivity contribution in [1.82, 2.24) is 9.29 Å². The van der Waals surface area contributed by atoms with Crippen LogP contribution >= 0.6 is 0 Å². The number of hydrogen-bond acceptors (Lipinski definition) is 3. The van der Waals surface area contributed by atoms with Gasteiger partial charge in [0.05, 0.1) is 6.04 Å². The van der Waals surface area contributed by atoms with E-state index >= 15 is 0 Å². The Bertz CT molecular complexity index is 670. The van der Waals surface area contributed by atoms with E-state index in [2.05, 4.69) is 4.98 Å². The van der Waals surface area contributed by atoms with Crippen LogP contribution in [0.25, 0.3) is 0 Å². The van der Waals surface area contributed by atoms with Gasteiger partial charge in [-0.3, -0.25) is 4.98 Å². The summed E-state index contributed by atoms with van der Waals surface area (Å²) in [5, 5.41) is 0. The molecule has 2 rings (SSSR count). The second-order valence-electron chi connectivity index (χ2n) is 5.31. The monoisotopic (exact) mass is 304 g/mol. The number of benzene rings is 1. The lowest BCUT2D eigenvalue weighted by Crippen LogP contribution is -2.34. The van der Waals surface area contributed by atoms with Gasteiger partial charge in [0.25, 0.3) is 0 Å². The Morgan fingerprint density at radius 2 is 1.71 bits per heavy atom. The van der Waals surface area contributed by atoms with Crippen LogP contribution in [0.5, 0.6) is 0 Å². The molecule has 0 saturated carbocycles. The summed E-state index contributed by atoms with van der Waals surface area (Å²) in [5.41, 5.74) is 0.988. The van der Waals surface area contributed by atoms with Crippen molar-refractivity contribution in [1.29, 1.82) is 0 Å². The Kier molecular flexibility index (Phi) is 4.75. The van der Waals surface area contributed by atoms with Crippen molar-refractivity contribution in [3.8, 4) is 0 Å². The average molecular weight is 304 g/mol. The van der Waals surface area contributed by atoms with E-state index in [-0.39, 0.29) is 16.9 Å². The summed E-state index contributed by atoms with van der Waals surface area (Å²) in [5.74, 6) is 0.156. The second kappa shape index (κ2) is 6.37. The van der Waals surface area contributed by atoms with Crippen LogP contribution < -0.4 is 0 Å². The van der Waals surface area contributed by atoms with Gasteiger partial charge in [0.1, 0.15) is 4.90 Å². The lowest BCUT2D eigenvalue weighted by atomic mass is 9.96. The molecule has 112 valence electrons. The Hall–Kier alpha value is -1.72. The van der Waals surface area contributed by atoms with Crippen LogP contribution in [0.4, 0.5) is 0 Å². The quantitative estimate of drug-likeness (QED) is 0.853. The number of hydrogen-bond donors (Lipinski definition) is 0. The largest absolute Gasteiger partial charge is 0.263 e. The highest BCUT2D eigenvalue weighted by Gasteiger charge is 2.31. The number of rotatable bonds is 5. The second-order valence-corrected chi connectivity index (χ2v) is 7.31. The molecule has 0 N–H and O–H groups in total. The Morgan fingerprint density at radius 3 is 2.24 bits per heavy atom. The minimum atomic E-state index is -3.56. The first-order valence-corrected chi connectivity index (χ1v) is 8.31. The zero-order valence-electron chi connectivity index (χ0n) is 12.5. The number of nitrogens with zero attached hydrogens (tertiary/aromatic N) is 2. The first kappa shape index (κ1) is 15.7. The standard InChI is InChI=1S/C16H20N2O2S/c1-13(2)16(14-8-5-4-6-9-14)18(3)21(19,20)15-10-7-11-17-12-15/h4-13,16H,1-3H3/t16-/m1/s1. The molecule has 0 radical (unpaired) electrons. The van der Waals surface area contributed by atoms with Crippen molar-refractivity contribution in [2.75, 3.05) is 7.05 Å². The number of aromatic nitrogens is 1. The topological polar surface area (TPSA) is 50.3 Å². The van der Waals surface area contributed by atoms with Gasteiger partial charge in [-0.15, -0.1) is 0 Å². The van der Waals surface area contributed by atoms with Crippen LogP contribution in [0.15, 0.2) is 59.8 Å². The molecule has 21 heavy (non-hydrogen) atoms. The fraction of sp³-hybridized carbons (Fsp3) is 0.312. The van der Waals surface area contributed by atoms with Crippen LogP contribution in [-0.4, -0.2) is 24.8 Å². The summed E-state index contributed by atoms with van der Waals surface area (Å²) < 4.78 is 26.9. The summed E-state index contributed by atoms with van der Waals surface area (Å²) in [4.78, 5) is 4.12. The molecule has 1 heterocycles. The number of sulfonamides is 1. The van der Waals surface area contributed by atoms with E-state index in [0.29, 0.717) is 0 Å². The van der Waals surface area contributed by atoms with Gasteiger partial charge in [0, 0.05) is 19.4 Å². The lowest BCUT2D eigenvalue weighted by Gasteiger charge is -2.30. The molecule has 0 bridgehead atoms. The van der Waals surface area contributed by atoms with E-state index in [1.165, 1.54) is 10.5 Å². The van der Waals surface area contributed by atoms with Crippen LogP contribution in [0.1, 0.15) is 25.5 Å². The Labute approximate surface area is 126 Å². The van der Waals surface area contributed by atoms with Gasteiger partial charge in [0.15, 0.2) is 0 Å². The smallest absolute Gasteiger partial charge is 0.244 e. The van der Waals surface area contributed by atoms with Crippen molar-refractivity contribution in [2.45, 2.75) is 24.8 Å². The molecule has 0 saturated heterocycles. The van der Waals surface area contributed by atoms with Crippen LogP contribution in [0, 0.1) is 5.92 Å². The fourth-order valence-corrected chi connectivity index (χ4v) is 3.92. The van der Waals surface area contributed by atoms with Crippen molar-refractivity contribution in [3.63, 3.8) is 0 Å². The van der Waals surface area contributed by atoms with Crippen molar-refractivity contribution < 1.29 is 8.42 Å². The SMILES string of the molecule is CC(C)[C@H](c1ccccc1)N(C)S(=O)(=O)c1cccnc1. The fourth-order valence-electron chi connectivity index (χ4n) is 2.48. The molecule has 0 aliphatic rings. The Morgan fingerprint density at radius 1 is 1.05 bits per heavy atom. The van der Waals surface area contributed by atoms with Crippen molar-refractivity contribution in [2.24, 2.45) is 5.92 Å². The first-order chi connectivity index (χ1) is 9.94. The predicted molar refractivity (Wildman–Crippen MR) is 83.2 cm³/mol.